The van der Waals surface area contributed by atoms with Crippen LogP contribution in [0.2, 0.25) is 0 Å². The van der Waals surface area contributed by atoms with Gasteiger partial charge in [-0.3, -0.25) is 0 Å². The van der Waals surface area contributed by atoms with E-state index >= 15 is 0 Å². The highest BCUT2D eigenvalue weighted by atomic mass is 32.2. The lowest BCUT2D eigenvalue weighted by Gasteiger charge is -2.29. The van der Waals surface area contributed by atoms with Crippen molar-refractivity contribution in [2.45, 2.75) is 23.7 Å². The Balaban J connectivity index is 2.27. The van der Waals surface area contributed by atoms with Crippen LogP contribution in [0.4, 0.5) is 0 Å². The highest BCUT2D eigenvalue weighted by Crippen LogP contribution is 2.38. The van der Waals surface area contributed by atoms with Crippen molar-refractivity contribution >= 4 is 21.4 Å². The fraction of sp³-hybridized carbons (Fsp3) is 0.636. The van der Waals surface area contributed by atoms with Crippen LogP contribution in [-0.4, -0.2) is 44.6 Å². The van der Waals surface area contributed by atoms with Gasteiger partial charge in [0.25, 0.3) is 10.0 Å². The molecule has 5 nitrogen and oxygen atoms in total. The van der Waals surface area contributed by atoms with E-state index in [9.17, 15) is 13.5 Å². The van der Waals surface area contributed by atoms with Crippen molar-refractivity contribution in [3.05, 3.63) is 16.5 Å². The van der Waals surface area contributed by atoms with Crippen molar-refractivity contribution in [1.82, 2.24) is 4.31 Å². The molecule has 7 heteroatoms. The SMILES string of the molecule is COCCCN1CC(O)c2cc(C)sc2S1(=O)=O. The summed E-state index contributed by atoms with van der Waals surface area (Å²) in [6, 6.07) is 1.76. The number of fused-ring (bicyclic) bond motifs is 1. The summed E-state index contributed by atoms with van der Waals surface area (Å²) in [4.78, 5) is 0.904. The number of nitrogens with zero attached hydrogens (tertiary/aromatic N) is 1. The van der Waals surface area contributed by atoms with E-state index in [2.05, 4.69) is 0 Å². The second-order valence-electron chi connectivity index (χ2n) is 4.33. The number of thiophene rings is 1. The first-order valence-corrected chi connectivity index (χ1v) is 8.00. The van der Waals surface area contributed by atoms with E-state index in [0.717, 1.165) is 4.88 Å². The van der Waals surface area contributed by atoms with Crippen LogP contribution in [0, 0.1) is 6.92 Å². The molecule has 0 amide bonds. The molecule has 1 unspecified atom stereocenters. The van der Waals surface area contributed by atoms with Gasteiger partial charge in [-0.2, -0.15) is 4.31 Å². The number of hydrogen-bond acceptors (Lipinski definition) is 5. The number of aryl methyl sites for hydroxylation is 1. The van der Waals surface area contributed by atoms with Crippen molar-refractivity contribution in [2.24, 2.45) is 0 Å². The van der Waals surface area contributed by atoms with E-state index in [4.69, 9.17) is 4.74 Å². The molecule has 1 aliphatic rings. The summed E-state index contributed by atoms with van der Waals surface area (Å²) in [5, 5.41) is 10.0. The van der Waals surface area contributed by atoms with Crippen molar-refractivity contribution in [3.8, 4) is 0 Å². The molecule has 1 aromatic heterocycles. The van der Waals surface area contributed by atoms with Crippen LogP contribution < -0.4 is 0 Å². The minimum Gasteiger partial charge on any atom is -0.387 e. The number of aliphatic hydroxyl groups is 1. The summed E-state index contributed by atoms with van der Waals surface area (Å²) in [5.74, 6) is 0. The predicted molar refractivity (Wildman–Crippen MR) is 69.3 cm³/mol. The number of rotatable bonds is 4. The van der Waals surface area contributed by atoms with E-state index in [-0.39, 0.29) is 10.8 Å². The molecular weight excluding hydrogens is 274 g/mol. The van der Waals surface area contributed by atoms with Crippen LogP contribution in [0.1, 0.15) is 23.0 Å². The molecule has 1 N–H and O–H groups in total. The molecular formula is C11H17NO4S2. The number of β-amino-alcohol motifs (C(OH)–C–C–N with tert-alkyl or cyclic N) is 1. The maximum absolute atomic E-state index is 12.3. The summed E-state index contributed by atoms with van der Waals surface area (Å²) in [6.45, 7) is 2.87. The fourth-order valence-corrected chi connectivity index (χ4v) is 5.41. The Morgan fingerprint density at radius 3 is 3.00 bits per heavy atom. The number of ether oxygens (including phenoxy) is 1. The minimum absolute atomic E-state index is 0.134. The first-order chi connectivity index (χ1) is 8.46. The van der Waals surface area contributed by atoms with Crippen LogP contribution in [0.25, 0.3) is 0 Å². The zero-order valence-electron chi connectivity index (χ0n) is 10.4. The van der Waals surface area contributed by atoms with Gasteiger partial charge in [0.1, 0.15) is 4.21 Å². The summed E-state index contributed by atoms with van der Waals surface area (Å²) in [7, 11) is -1.86. The average molecular weight is 291 g/mol. The van der Waals surface area contributed by atoms with Crippen LogP contribution in [0.5, 0.6) is 0 Å². The van der Waals surface area contributed by atoms with Gasteiger partial charge in [-0.15, -0.1) is 11.3 Å². The van der Waals surface area contributed by atoms with Gasteiger partial charge >= 0.3 is 0 Å². The molecule has 0 saturated carbocycles. The number of aliphatic hydroxyl groups excluding tert-OH is 1. The van der Waals surface area contributed by atoms with Crippen LogP contribution >= 0.6 is 11.3 Å². The molecule has 1 atom stereocenters. The van der Waals surface area contributed by atoms with Gasteiger partial charge in [-0.25, -0.2) is 8.42 Å². The first kappa shape index (κ1) is 14.0. The second kappa shape index (κ2) is 5.26. The van der Waals surface area contributed by atoms with Gasteiger partial charge in [-0.1, -0.05) is 0 Å². The molecule has 0 aromatic carbocycles. The highest BCUT2D eigenvalue weighted by molar-refractivity contribution is 7.91. The topological polar surface area (TPSA) is 66.8 Å². The average Bonchev–Trinajstić information content (AvgIpc) is 2.70. The molecule has 1 aromatic rings. The second-order valence-corrected chi connectivity index (χ2v) is 7.71. The van der Waals surface area contributed by atoms with E-state index in [0.29, 0.717) is 25.1 Å². The van der Waals surface area contributed by atoms with Crippen molar-refractivity contribution in [2.75, 3.05) is 26.8 Å². The Labute approximate surface area is 111 Å². The molecule has 0 fully saturated rings. The minimum atomic E-state index is -3.44. The molecule has 0 bridgehead atoms. The fourth-order valence-electron chi connectivity index (χ4n) is 2.05. The number of hydrogen-bond donors (Lipinski definition) is 1. The van der Waals surface area contributed by atoms with Crippen LogP contribution in [-0.2, 0) is 14.8 Å². The van der Waals surface area contributed by atoms with Crippen molar-refractivity contribution in [1.29, 1.82) is 0 Å². The summed E-state index contributed by atoms with van der Waals surface area (Å²) < 4.78 is 31.2. The van der Waals surface area contributed by atoms with Crippen LogP contribution in [0.3, 0.4) is 0 Å². The van der Waals surface area contributed by atoms with E-state index in [1.165, 1.54) is 15.6 Å². The van der Waals surface area contributed by atoms with Gasteiger partial charge in [0, 0.05) is 37.2 Å². The van der Waals surface area contributed by atoms with Crippen molar-refractivity contribution < 1.29 is 18.3 Å². The van der Waals surface area contributed by atoms with Gasteiger partial charge in [0.15, 0.2) is 0 Å². The normalized spacial score (nSPS) is 22.9. The summed E-state index contributed by atoms with van der Waals surface area (Å²) >= 11 is 1.22. The van der Waals surface area contributed by atoms with E-state index in [1.807, 2.05) is 6.92 Å². The third kappa shape index (κ3) is 2.46. The zero-order valence-corrected chi connectivity index (χ0v) is 12.1. The predicted octanol–water partition coefficient (Wildman–Crippen LogP) is 1.13. The van der Waals surface area contributed by atoms with Gasteiger partial charge in [-0.05, 0) is 19.4 Å². The van der Waals surface area contributed by atoms with Gasteiger partial charge < -0.3 is 9.84 Å². The van der Waals surface area contributed by atoms with E-state index in [1.54, 1.807) is 13.2 Å². The number of methoxy groups -OCH3 is 1. The first-order valence-electron chi connectivity index (χ1n) is 5.74. The molecule has 2 heterocycles. The molecule has 18 heavy (non-hydrogen) atoms. The standard InChI is InChI=1S/C11H17NO4S2/c1-8-6-9-10(13)7-12(4-3-5-16-2)18(14,15)11(9)17-8/h6,10,13H,3-5,7H2,1-2H3. The van der Waals surface area contributed by atoms with Gasteiger partial charge in [0.2, 0.25) is 0 Å². The summed E-state index contributed by atoms with van der Waals surface area (Å²) in [6.07, 6.45) is -0.0988. The Morgan fingerprint density at radius 1 is 1.61 bits per heavy atom. The highest BCUT2D eigenvalue weighted by Gasteiger charge is 2.37. The molecule has 2 rings (SSSR count). The largest absolute Gasteiger partial charge is 0.387 e. The third-order valence-corrected chi connectivity index (χ3v) is 6.37. The smallest absolute Gasteiger partial charge is 0.253 e. The van der Waals surface area contributed by atoms with E-state index < -0.39 is 16.1 Å². The monoisotopic (exact) mass is 291 g/mol. The molecule has 1 aliphatic heterocycles. The quantitative estimate of drug-likeness (QED) is 0.845. The molecule has 0 spiro atoms. The lowest BCUT2D eigenvalue weighted by molar-refractivity contribution is 0.131. The lowest BCUT2D eigenvalue weighted by Crippen LogP contribution is -2.39. The lowest BCUT2D eigenvalue weighted by atomic mass is 10.2. The Hall–Kier alpha value is -0.470. The third-order valence-electron chi connectivity index (χ3n) is 2.91. The molecule has 0 radical (unpaired) electrons. The zero-order chi connectivity index (χ0) is 13.3. The van der Waals surface area contributed by atoms with Crippen molar-refractivity contribution in [3.63, 3.8) is 0 Å². The van der Waals surface area contributed by atoms with Crippen LogP contribution in [0.15, 0.2) is 10.3 Å². The summed E-state index contributed by atoms with van der Waals surface area (Å²) in [5.41, 5.74) is 0.542. The maximum atomic E-state index is 12.3. The Kier molecular flexibility index (Phi) is 4.08. The van der Waals surface area contributed by atoms with Gasteiger partial charge in [0.05, 0.1) is 6.10 Å². The molecule has 0 saturated heterocycles. The molecule has 0 aliphatic carbocycles. The Bertz CT molecular complexity index is 523. The molecule has 102 valence electrons. The maximum Gasteiger partial charge on any atom is 0.253 e. The number of sulfonamides is 1. The Morgan fingerprint density at radius 2 is 2.33 bits per heavy atom.